The van der Waals surface area contributed by atoms with Gasteiger partial charge in [-0.25, -0.2) is 16.8 Å². The molecule has 3 rings (SSSR count). The van der Waals surface area contributed by atoms with E-state index in [1.165, 1.54) is 16.1 Å². The van der Waals surface area contributed by atoms with E-state index in [4.69, 9.17) is 11.6 Å². The first-order valence-electron chi connectivity index (χ1n) is 7.51. The summed E-state index contributed by atoms with van der Waals surface area (Å²) in [5.74, 6) is 2.28. The molecule has 3 heterocycles. The lowest BCUT2D eigenvalue weighted by molar-refractivity contribution is 0.148. The normalized spacial score (nSPS) is 24.5. The van der Waals surface area contributed by atoms with Gasteiger partial charge in [-0.3, -0.25) is 4.90 Å². The van der Waals surface area contributed by atoms with Gasteiger partial charge in [-0.2, -0.15) is 16.1 Å². The summed E-state index contributed by atoms with van der Waals surface area (Å²) in [4.78, 5) is 2.25. The van der Waals surface area contributed by atoms with Gasteiger partial charge in [0.05, 0.1) is 0 Å². The minimum atomic E-state index is -3.76. The molecular weight excluding hydrogens is 412 g/mol. The SMILES string of the molecule is CS(=O)(=O)c1cc(S(=O)(=O)N2CCN(C3CCSC3)CC2)c(Cl)s1. The number of sulfonamides is 1. The Morgan fingerprint density at radius 1 is 1.17 bits per heavy atom. The third kappa shape index (κ3) is 3.79. The number of nitrogens with zero attached hydrogens (tertiary/aromatic N) is 2. The van der Waals surface area contributed by atoms with Crippen LogP contribution in [0, 0.1) is 0 Å². The van der Waals surface area contributed by atoms with Crippen molar-refractivity contribution in [3.05, 3.63) is 10.4 Å². The Morgan fingerprint density at radius 2 is 1.83 bits per heavy atom. The molecule has 2 fully saturated rings. The average Bonchev–Trinajstić information content (AvgIpc) is 3.16. The molecule has 1 aromatic rings. The van der Waals surface area contributed by atoms with Gasteiger partial charge in [0.2, 0.25) is 10.0 Å². The van der Waals surface area contributed by atoms with Crippen molar-refractivity contribution in [2.24, 2.45) is 0 Å². The minimum Gasteiger partial charge on any atom is -0.297 e. The zero-order chi connectivity index (χ0) is 17.5. The van der Waals surface area contributed by atoms with Crippen molar-refractivity contribution in [1.82, 2.24) is 9.21 Å². The van der Waals surface area contributed by atoms with Gasteiger partial charge in [0, 0.05) is 44.2 Å². The largest absolute Gasteiger partial charge is 0.297 e. The second kappa shape index (κ2) is 7.05. The molecule has 11 heteroatoms. The highest BCUT2D eigenvalue weighted by molar-refractivity contribution is 7.99. The second-order valence-electron chi connectivity index (χ2n) is 5.93. The summed E-state index contributed by atoms with van der Waals surface area (Å²) in [5.41, 5.74) is 0. The molecule has 24 heavy (non-hydrogen) atoms. The van der Waals surface area contributed by atoms with Gasteiger partial charge in [-0.1, -0.05) is 11.6 Å². The van der Waals surface area contributed by atoms with Gasteiger partial charge < -0.3 is 0 Å². The molecule has 0 saturated carbocycles. The van der Waals surface area contributed by atoms with E-state index in [-0.39, 0.29) is 13.4 Å². The zero-order valence-corrected chi connectivity index (χ0v) is 17.2. The number of thioether (sulfide) groups is 1. The highest BCUT2D eigenvalue weighted by atomic mass is 35.5. The number of hydrogen-bond acceptors (Lipinski definition) is 7. The molecule has 0 radical (unpaired) electrons. The summed E-state index contributed by atoms with van der Waals surface area (Å²) < 4.78 is 50.3. The van der Waals surface area contributed by atoms with Gasteiger partial charge in [-0.05, 0) is 18.2 Å². The molecule has 2 aliphatic heterocycles. The summed E-state index contributed by atoms with van der Waals surface area (Å²) in [7, 11) is -7.24. The summed E-state index contributed by atoms with van der Waals surface area (Å²) in [6, 6.07) is 1.72. The van der Waals surface area contributed by atoms with Crippen LogP contribution in [0.2, 0.25) is 4.34 Å². The highest BCUT2D eigenvalue weighted by Gasteiger charge is 2.34. The Hall–Kier alpha value is 0.160. The van der Waals surface area contributed by atoms with Crippen molar-refractivity contribution in [1.29, 1.82) is 0 Å². The number of rotatable bonds is 4. The Kier molecular flexibility index (Phi) is 5.56. The van der Waals surface area contributed by atoms with Crippen LogP contribution in [-0.4, -0.2) is 76.0 Å². The monoisotopic (exact) mass is 430 g/mol. The minimum absolute atomic E-state index is 0.00467. The maximum atomic E-state index is 12.8. The first-order valence-corrected chi connectivity index (χ1v) is 13.2. The van der Waals surface area contributed by atoms with Crippen molar-refractivity contribution in [2.45, 2.75) is 21.6 Å². The Balaban J connectivity index is 1.76. The smallest absolute Gasteiger partial charge is 0.245 e. The van der Waals surface area contributed by atoms with Crippen molar-refractivity contribution >= 4 is 54.6 Å². The van der Waals surface area contributed by atoms with Crippen LogP contribution in [0.3, 0.4) is 0 Å². The van der Waals surface area contributed by atoms with Gasteiger partial charge in [0.25, 0.3) is 0 Å². The Morgan fingerprint density at radius 3 is 2.33 bits per heavy atom. The molecule has 6 nitrogen and oxygen atoms in total. The van der Waals surface area contributed by atoms with Crippen molar-refractivity contribution in [2.75, 3.05) is 43.9 Å². The molecule has 0 aliphatic carbocycles. The van der Waals surface area contributed by atoms with Crippen LogP contribution in [0.15, 0.2) is 15.2 Å². The number of thiophene rings is 1. The standard InChI is InChI=1S/C13H19ClN2O4S4/c1-23(17,18)12-8-11(13(14)22-12)24(19,20)16-5-3-15(4-6-16)10-2-7-21-9-10/h8,10H,2-7,9H2,1H3. The van der Waals surface area contributed by atoms with Gasteiger partial charge in [0.15, 0.2) is 9.84 Å². The summed E-state index contributed by atoms with van der Waals surface area (Å²) >= 11 is 8.75. The summed E-state index contributed by atoms with van der Waals surface area (Å²) in [5, 5.41) is 0. The molecule has 0 aromatic carbocycles. The van der Waals surface area contributed by atoms with E-state index in [9.17, 15) is 16.8 Å². The lowest BCUT2D eigenvalue weighted by atomic mass is 10.2. The predicted molar refractivity (Wildman–Crippen MR) is 98.5 cm³/mol. The van der Waals surface area contributed by atoms with Crippen LogP contribution in [0.5, 0.6) is 0 Å². The van der Waals surface area contributed by atoms with E-state index < -0.39 is 19.9 Å². The topological polar surface area (TPSA) is 74.8 Å². The van der Waals surface area contributed by atoms with Gasteiger partial charge >= 0.3 is 0 Å². The molecule has 1 unspecified atom stereocenters. The second-order valence-corrected chi connectivity index (χ2v) is 12.9. The van der Waals surface area contributed by atoms with E-state index in [1.54, 1.807) is 0 Å². The molecule has 0 spiro atoms. The van der Waals surface area contributed by atoms with Gasteiger partial charge in [-0.15, -0.1) is 11.3 Å². The predicted octanol–water partition coefficient (Wildman–Crippen LogP) is 1.62. The van der Waals surface area contributed by atoms with Crippen molar-refractivity contribution in [3.63, 3.8) is 0 Å². The number of hydrogen-bond donors (Lipinski definition) is 0. The highest BCUT2D eigenvalue weighted by Crippen LogP contribution is 2.36. The van der Waals surface area contributed by atoms with Crippen LogP contribution < -0.4 is 0 Å². The van der Waals surface area contributed by atoms with E-state index in [0.717, 1.165) is 29.8 Å². The lowest BCUT2D eigenvalue weighted by Crippen LogP contribution is -2.51. The van der Waals surface area contributed by atoms with E-state index in [2.05, 4.69) is 4.90 Å². The number of halogens is 1. The van der Waals surface area contributed by atoms with Crippen LogP contribution in [-0.2, 0) is 19.9 Å². The van der Waals surface area contributed by atoms with Crippen molar-refractivity contribution in [3.8, 4) is 0 Å². The fourth-order valence-corrected chi connectivity index (χ4v) is 8.62. The molecule has 136 valence electrons. The molecule has 1 aromatic heterocycles. The van der Waals surface area contributed by atoms with Crippen molar-refractivity contribution < 1.29 is 16.8 Å². The zero-order valence-electron chi connectivity index (χ0n) is 13.1. The molecule has 0 amide bonds. The number of piperazine rings is 1. The van der Waals surface area contributed by atoms with Crippen LogP contribution >= 0.6 is 34.7 Å². The molecule has 1 atom stereocenters. The third-order valence-electron chi connectivity index (χ3n) is 4.31. The Labute approximate surface area is 156 Å². The maximum Gasteiger partial charge on any atom is 0.245 e. The van der Waals surface area contributed by atoms with E-state index >= 15 is 0 Å². The van der Waals surface area contributed by atoms with Crippen LogP contribution in [0.4, 0.5) is 0 Å². The average molecular weight is 431 g/mol. The van der Waals surface area contributed by atoms with E-state index in [1.807, 2.05) is 11.8 Å². The molecule has 0 N–H and O–H groups in total. The number of sulfone groups is 1. The summed E-state index contributed by atoms with van der Waals surface area (Å²) in [6.07, 6.45) is 2.20. The molecular formula is C13H19ClN2O4S4. The Bertz CT molecular complexity index is 807. The molecule has 2 saturated heterocycles. The van der Waals surface area contributed by atoms with Gasteiger partial charge in [0.1, 0.15) is 13.4 Å². The first-order chi connectivity index (χ1) is 11.2. The third-order valence-corrected chi connectivity index (χ3v) is 10.8. The quantitative estimate of drug-likeness (QED) is 0.722. The van der Waals surface area contributed by atoms with Crippen LogP contribution in [0.1, 0.15) is 6.42 Å². The first kappa shape index (κ1) is 18.9. The molecule has 0 bridgehead atoms. The van der Waals surface area contributed by atoms with E-state index in [0.29, 0.717) is 32.2 Å². The lowest BCUT2D eigenvalue weighted by Gasteiger charge is -2.37. The fraction of sp³-hybridized carbons (Fsp3) is 0.692. The molecule has 2 aliphatic rings. The fourth-order valence-electron chi connectivity index (χ4n) is 2.95. The van der Waals surface area contributed by atoms with Crippen LogP contribution in [0.25, 0.3) is 0 Å². The summed E-state index contributed by atoms with van der Waals surface area (Å²) in [6.45, 7) is 2.21. The maximum absolute atomic E-state index is 12.8.